The molecule has 2 atom stereocenters. The standard InChI is InChI=1S/C25H24FN7O3/c1-4-19(34)32-11-14(3)33(12-13(32)2)24-16-6-5-15(20-17(26)7-8-18-21(20)29-30-28-18)23-22(16)31(9-10-36-23)25(35)27-24/h4-8,13-14H,1,9-12H2,2-3H3,(H,28,29,30)/t13-,14+/m1/s1. The Morgan fingerprint density at radius 3 is 2.86 bits per heavy atom. The van der Waals surface area contributed by atoms with E-state index in [-0.39, 0.29) is 30.2 Å². The number of ether oxygens (including phenoxy) is 1. The number of piperazine rings is 1. The van der Waals surface area contributed by atoms with Gasteiger partial charge in [-0.05, 0) is 44.2 Å². The highest BCUT2D eigenvalue weighted by Gasteiger charge is 2.34. The average Bonchev–Trinajstić information content (AvgIpc) is 3.36. The van der Waals surface area contributed by atoms with Gasteiger partial charge in [0, 0.05) is 36.1 Å². The molecule has 2 aromatic heterocycles. The van der Waals surface area contributed by atoms with E-state index in [2.05, 4.69) is 31.9 Å². The van der Waals surface area contributed by atoms with E-state index in [9.17, 15) is 9.59 Å². The highest BCUT2D eigenvalue weighted by molar-refractivity contribution is 6.02. The van der Waals surface area contributed by atoms with Crippen molar-refractivity contribution >= 4 is 33.7 Å². The van der Waals surface area contributed by atoms with Crippen LogP contribution in [0.5, 0.6) is 5.75 Å². The summed E-state index contributed by atoms with van der Waals surface area (Å²) in [4.78, 5) is 33.8. The highest BCUT2D eigenvalue weighted by Crippen LogP contribution is 2.43. The second-order valence-corrected chi connectivity index (χ2v) is 9.23. The van der Waals surface area contributed by atoms with Gasteiger partial charge in [0.1, 0.15) is 23.8 Å². The van der Waals surface area contributed by atoms with Gasteiger partial charge in [0.05, 0.1) is 23.1 Å². The molecule has 1 fully saturated rings. The summed E-state index contributed by atoms with van der Waals surface area (Å²) in [6, 6.07) is 6.37. The number of hydrogen-bond donors (Lipinski definition) is 1. The van der Waals surface area contributed by atoms with E-state index >= 15 is 4.39 Å². The van der Waals surface area contributed by atoms with Crippen molar-refractivity contribution < 1.29 is 13.9 Å². The van der Waals surface area contributed by atoms with Crippen LogP contribution in [-0.4, -0.2) is 67.5 Å². The molecule has 1 N–H and O–H groups in total. The molecule has 0 unspecified atom stereocenters. The van der Waals surface area contributed by atoms with Crippen LogP contribution in [0.25, 0.3) is 33.1 Å². The predicted molar refractivity (Wildman–Crippen MR) is 133 cm³/mol. The summed E-state index contributed by atoms with van der Waals surface area (Å²) >= 11 is 0. The smallest absolute Gasteiger partial charge is 0.350 e. The lowest BCUT2D eigenvalue weighted by Gasteiger charge is -2.44. The maximum atomic E-state index is 15.1. The summed E-state index contributed by atoms with van der Waals surface area (Å²) in [6.45, 7) is 9.12. The Balaban J connectivity index is 1.55. The summed E-state index contributed by atoms with van der Waals surface area (Å²) in [7, 11) is 0. The van der Waals surface area contributed by atoms with Crippen LogP contribution in [0.4, 0.5) is 10.2 Å². The zero-order chi connectivity index (χ0) is 25.1. The van der Waals surface area contributed by atoms with Crippen LogP contribution in [0.2, 0.25) is 0 Å². The normalized spacial score (nSPS) is 19.5. The Hall–Kier alpha value is -4.28. The monoisotopic (exact) mass is 489 g/mol. The van der Waals surface area contributed by atoms with Crippen LogP contribution in [-0.2, 0) is 11.3 Å². The lowest BCUT2D eigenvalue weighted by molar-refractivity contribution is -0.128. The number of carbonyl (C=O) groups excluding carboxylic acids is 1. The summed E-state index contributed by atoms with van der Waals surface area (Å²) in [5.74, 6) is 0.348. The highest BCUT2D eigenvalue weighted by atomic mass is 19.1. The number of halogens is 1. The predicted octanol–water partition coefficient (Wildman–Crippen LogP) is 2.48. The number of aromatic nitrogens is 5. The van der Waals surface area contributed by atoms with E-state index in [0.717, 1.165) is 5.39 Å². The summed E-state index contributed by atoms with van der Waals surface area (Å²) < 4.78 is 22.8. The molecule has 0 saturated carbocycles. The largest absolute Gasteiger partial charge is 0.489 e. The average molecular weight is 490 g/mol. The summed E-state index contributed by atoms with van der Waals surface area (Å²) in [5.41, 5.74) is 1.90. The molecule has 10 nitrogen and oxygen atoms in total. The van der Waals surface area contributed by atoms with Crippen molar-refractivity contribution in [2.24, 2.45) is 0 Å². The fourth-order valence-electron chi connectivity index (χ4n) is 5.33. The van der Waals surface area contributed by atoms with E-state index in [0.29, 0.717) is 53.3 Å². The number of hydrogen-bond acceptors (Lipinski definition) is 7. The fraction of sp³-hybridized carbons (Fsp3) is 0.320. The molecule has 36 heavy (non-hydrogen) atoms. The molecule has 0 aliphatic carbocycles. The summed E-state index contributed by atoms with van der Waals surface area (Å²) in [5, 5.41) is 11.4. The van der Waals surface area contributed by atoms with Gasteiger partial charge in [-0.1, -0.05) is 11.8 Å². The second-order valence-electron chi connectivity index (χ2n) is 9.23. The van der Waals surface area contributed by atoms with Crippen LogP contribution in [0.15, 0.2) is 41.7 Å². The zero-order valence-electron chi connectivity index (χ0n) is 19.9. The number of H-pyrrole nitrogens is 1. The Bertz CT molecular complexity index is 1610. The van der Waals surface area contributed by atoms with Crippen molar-refractivity contribution in [1.29, 1.82) is 0 Å². The van der Waals surface area contributed by atoms with Crippen molar-refractivity contribution in [3.05, 3.63) is 53.2 Å². The quantitative estimate of drug-likeness (QED) is 0.441. The maximum absolute atomic E-state index is 15.1. The minimum atomic E-state index is -0.463. The molecule has 4 aromatic rings. The first-order valence-corrected chi connectivity index (χ1v) is 11.8. The van der Waals surface area contributed by atoms with Gasteiger partial charge >= 0.3 is 5.69 Å². The van der Waals surface area contributed by atoms with E-state index < -0.39 is 11.5 Å². The van der Waals surface area contributed by atoms with E-state index in [1.807, 2.05) is 19.9 Å². The number of benzene rings is 2. The Morgan fingerprint density at radius 2 is 2.06 bits per heavy atom. The van der Waals surface area contributed by atoms with Gasteiger partial charge in [0.25, 0.3) is 0 Å². The van der Waals surface area contributed by atoms with Crippen molar-refractivity contribution in [3.63, 3.8) is 0 Å². The zero-order valence-corrected chi connectivity index (χ0v) is 19.9. The van der Waals surface area contributed by atoms with Gasteiger partial charge in [0.15, 0.2) is 5.75 Å². The van der Waals surface area contributed by atoms with Crippen molar-refractivity contribution in [2.75, 3.05) is 24.6 Å². The number of rotatable bonds is 3. The lowest BCUT2D eigenvalue weighted by atomic mass is 9.99. The summed E-state index contributed by atoms with van der Waals surface area (Å²) in [6.07, 6.45) is 1.32. The first-order chi connectivity index (χ1) is 17.4. The molecule has 2 aliphatic heterocycles. The number of aromatic amines is 1. The molecule has 0 radical (unpaired) electrons. The van der Waals surface area contributed by atoms with Crippen LogP contribution >= 0.6 is 0 Å². The molecule has 0 spiro atoms. The molecule has 11 heteroatoms. The Morgan fingerprint density at radius 1 is 1.22 bits per heavy atom. The maximum Gasteiger partial charge on any atom is 0.350 e. The molecule has 1 amide bonds. The molecule has 0 bridgehead atoms. The fourth-order valence-corrected chi connectivity index (χ4v) is 5.33. The molecule has 6 rings (SSSR count). The molecule has 2 aliphatic rings. The molecule has 1 saturated heterocycles. The van der Waals surface area contributed by atoms with E-state index in [1.165, 1.54) is 12.1 Å². The first kappa shape index (κ1) is 22.2. The molecule has 4 heterocycles. The second kappa shape index (κ2) is 8.14. The molecule has 2 aromatic carbocycles. The minimum Gasteiger partial charge on any atom is -0.489 e. The van der Waals surface area contributed by atoms with Gasteiger partial charge in [-0.25, -0.2) is 9.18 Å². The number of nitrogens with one attached hydrogen (secondary N) is 1. The Labute approximate surface area is 205 Å². The topological polar surface area (TPSA) is 109 Å². The van der Waals surface area contributed by atoms with Crippen LogP contribution < -0.4 is 15.3 Å². The third-order valence-corrected chi connectivity index (χ3v) is 7.07. The van der Waals surface area contributed by atoms with Gasteiger partial charge < -0.3 is 14.5 Å². The number of anilines is 1. The molecular formula is C25H24FN7O3. The SMILES string of the molecule is C=CC(=O)N1C[C@H](C)N(c2nc(=O)n3c4c(c(-c5c(F)ccc6[nH]nnc56)ccc24)OCC3)C[C@H]1C. The number of carbonyl (C=O) groups is 1. The minimum absolute atomic E-state index is 0.0932. The van der Waals surface area contributed by atoms with Crippen LogP contribution in [0, 0.1) is 5.82 Å². The number of nitrogens with zero attached hydrogens (tertiary/aromatic N) is 6. The van der Waals surface area contributed by atoms with Gasteiger partial charge in [-0.2, -0.15) is 4.98 Å². The van der Waals surface area contributed by atoms with Crippen molar-refractivity contribution in [3.8, 4) is 16.9 Å². The molecular weight excluding hydrogens is 465 g/mol. The van der Waals surface area contributed by atoms with Crippen LogP contribution in [0.3, 0.4) is 0 Å². The lowest BCUT2D eigenvalue weighted by Crippen LogP contribution is -2.58. The number of amides is 1. The number of fused-ring (bicyclic) bond motifs is 1. The molecule has 184 valence electrons. The van der Waals surface area contributed by atoms with Gasteiger partial charge in [0.2, 0.25) is 5.91 Å². The van der Waals surface area contributed by atoms with Gasteiger partial charge in [-0.15, -0.1) is 5.10 Å². The third-order valence-electron chi connectivity index (χ3n) is 7.07. The van der Waals surface area contributed by atoms with E-state index in [4.69, 9.17) is 4.74 Å². The van der Waals surface area contributed by atoms with Crippen LogP contribution in [0.1, 0.15) is 13.8 Å². The van der Waals surface area contributed by atoms with E-state index in [1.54, 1.807) is 21.6 Å². The van der Waals surface area contributed by atoms with Gasteiger partial charge in [-0.3, -0.25) is 14.5 Å². The first-order valence-electron chi connectivity index (χ1n) is 11.8. The third kappa shape index (κ3) is 3.19. The van der Waals surface area contributed by atoms with Crippen molar-refractivity contribution in [1.82, 2.24) is 29.9 Å². The van der Waals surface area contributed by atoms with Crippen molar-refractivity contribution in [2.45, 2.75) is 32.5 Å². The Kier molecular flexibility index (Phi) is 5.02.